The fourth-order valence-electron chi connectivity index (χ4n) is 7.50. The van der Waals surface area contributed by atoms with E-state index in [1.165, 1.54) is 120 Å². The van der Waals surface area contributed by atoms with E-state index in [0.717, 1.165) is 36.5 Å². The summed E-state index contributed by atoms with van der Waals surface area (Å²) in [6, 6.07) is 9.56. The minimum absolute atomic E-state index is 0.321. The van der Waals surface area contributed by atoms with Crippen LogP contribution in [0, 0.1) is 29.6 Å². The Morgan fingerprint density at radius 1 is 0.697 bits per heavy atom. The van der Waals surface area contributed by atoms with Crippen molar-refractivity contribution in [3.63, 3.8) is 0 Å². The number of hydrogen-bond acceptors (Lipinski definition) is 1. The maximum atomic E-state index is 11.0. The second-order valence-corrected chi connectivity index (χ2v) is 12.1. The first kappa shape index (κ1) is 25.0. The van der Waals surface area contributed by atoms with Gasteiger partial charge in [-0.3, -0.25) is 0 Å². The molecule has 0 radical (unpaired) electrons. The highest BCUT2D eigenvalue weighted by Crippen LogP contribution is 2.43. The zero-order valence-corrected chi connectivity index (χ0v) is 21.5. The van der Waals surface area contributed by atoms with Gasteiger partial charge in [-0.2, -0.15) is 0 Å². The van der Waals surface area contributed by atoms with E-state index in [1.54, 1.807) is 0 Å². The molecule has 0 amide bonds. The van der Waals surface area contributed by atoms with Crippen LogP contribution in [0.3, 0.4) is 0 Å². The summed E-state index contributed by atoms with van der Waals surface area (Å²) in [5.74, 6) is 5.12. The highest BCUT2D eigenvalue weighted by atomic mass is 16.1. The summed E-state index contributed by atoms with van der Waals surface area (Å²) in [7, 11) is 0. The van der Waals surface area contributed by atoms with Crippen molar-refractivity contribution < 1.29 is 4.79 Å². The van der Waals surface area contributed by atoms with Gasteiger partial charge in [-0.15, -0.1) is 0 Å². The molecule has 0 N–H and O–H groups in total. The molecule has 3 saturated carbocycles. The van der Waals surface area contributed by atoms with Crippen molar-refractivity contribution >= 4 is 6.29 Å². The fraction of sp³-hybridized carbons (Fsp3) is 0.781. The molecule has 3 fully saturated rings. The Morgan fingerprint density at radius 2 is 1.27 bits per heavy atom. The molecule has 0 aromatic heterocycles. The molecule has 1 aromatic carbocycles. The van der Waals surface area contributed by atoms with Crippen molar-refractivity contribution in [3.05, 3.63) is 35.4 Å². The Bertz CT molecular complexity index is 667. The predicted molar refractivity (Wildman–Crippen MR) is 141 cm³/mol. The molecule has 0 saturated heterocycles. The van der Waals surface area contributed by atoms with Crippen LogP contribution in [0.25, 0.3) is 0 Å². The second-order valence-electron chi connectivity index (χ2n) is 12.1. The van der Waals surface area contributed by atoms with Crippen LogP contribution in [-0.2, 0) is 11.2 Å². The zero-order valence-electron chi connectivity index (χ0n) is 21.5. The Balaban J connectivity index is 1.12. The van der Waals surface area contributed by atoms with Crippen molar-refractivity contribution in [2.45, 2.75) is 128 Å². The number of carbonyl (C=O) groups is 1. The minimum atomic E-state index is 0.321. The van der Waals surface area contributed by atoms with Gasteiger partial charge in [-0.1, -0.05) is 82.6 Å². The molecule has 3 aliphatic rings. The van der Waals surface area contributed by atoms with Crippen LogP contribution in [0.5, 0.6) is 0 Å². The molecule has 0 atom stereocenters. The molecule has 33 heavy (non-hydrogen) atoms. The van der Waals surface area contributed by atoms with Crippen molar-refractivity contribution in [1.82, 2.24) is 0 Å². The van der Waals surface area contributed by atoms with Crippen LogP contribution in [0.2, 0.25) is 0 Å². The Labute approximate surface area is 204 Å². The second kappa shape index (κ2) is 13.1. The van der Waals surface area contributed by atoms with Gasteiger partial charge in [0.1, 0.15) is 6.29 Å². The van der Waals surface area contributed by atoms with Crippen LogP contribution in [0.4, 0.5) is 0 Å². The normalized spacial score (nSPS) is 33.0. The van der Waals surface area contributed by atoms with E-state index in [2.05, 4.69) is 31.2 Å². The quantitative estimate of drug-likeness (QED) is 0.256. The van der Waals surface area contributed by atoms with Gasteiger partial charge in [0.2, 0.25) is 0 Å². The molecular formula is C32H50O. The lowest BCUT2D eigenvalue weighted by atomic mass is 9.68. The molecule has 0 heterocycles. The first-order chi connectivity index (χ1) is 16.2. The molecule has 1 aromatic rings. The fourth-order valence-corrected chi connectivity index (χ4v) is 7.50. The third kappa shape index (κ3) is 7.43. The number of aldehydes is 1. The van der Waals surface area contributed by atoms with Crippen molar-refractivity contribution in [3.8, 4) is 0 Å². The van der Waals surface area contributed by atoms with E-state index in [0.29, 0.717) is 11.8 Å². The molecule has 184 valence electrons. The molecule has 0 aliphatic heterocycles. The maximum Gasteiger partial charge on any atom is 0.123 e. The van der Waals surface area contributed by atoms with Crippen LogP contribution in [-0.4, -0.2) is 6.29 Å². The van der Waals surface area contributed by atoms with Crippen molar-refractivity contribution in [2.24, 2.45) is 29.6 Å². The maximum absolute atomic E-state index is 11.0. The number of aryl methyl sites for hydroxylation is 1. The van der Waals surface area contributed by atoms with Gasteiger partial charge in [0.25, 0.3) is 0 Å². The SMILES string of the molecule is CCCCCC1CCC(C2CCC(CCc3ccc(C4CCC(C=O)CC4)cc3)CC2)CC1. The van der Waals surface area contributed by atoms with Gasteiger partial charge in [0.15, 0.2) is 0 Å². The van der Waals surface area contributed by atoms with E-state index < -0.39 is 0 Å². The van der Waals surface area contributed by atoms with Gasteiger partial charge in [-0.05, 0) is 105 Å². The number of rotatable bonds is 10. The van der Waals surface area contributed by atoms with Gasteiger partial charge in [0.05, 0.1) is 0 Å². The Kier molecular flexibility index (Phi) is 9.93. The molecule has 1 nitrogen and oxygen atoms in total. The van der Waals surface area contributed by atoms with E-state index in [4.69, 9.17) is 0 Å². The van der Waals surface area contributed by atoms with Crippen molar-refractivity contribution in [2.75, 3.05) is 0 Å². The summed E-state index contributed by atoms with van der Waals surface area (Å²) >= 11 is 0. The van der Waals surface area contributed by atoms with Gasteiger partial charge in [0, 0.05) is 5.92 Å². The average Bonchev–Trinajstić information content (AvgIpc) is 2.89. The Hall–Kier alpha value is -1.11. The summed E-state index contributed by atoms with van der Waals surface area (Å²) < 4.78 is 0. The summed E-state index contributed by atoms with van der Waals surface area (Å²) in [4.78, 5) is 11.0. The van der Waals surface area contributed by atoms with Crippen LogP contribution < -0.4 is 0 Å². The topological polar surface area (TPSA) is 17.1 Å². The first-order valence-corrected chi connectivity index (χ1v) is 14.8. The molecule has 0 spiro atoms. The van der Waals surface area contributed by atoms with Gasteiger partial charge < -0.3 is 4.79 Å². The summed E-state index contributed by atoms with van der Waals surface area (Å²) in [6.45, 7) is 2.33. The van der Waals surface area contributed by atoms with Gasteiger partial charge >= 0.3 is 0 Å². The van der Waals surface area contributed by atoms with E-state index in [-0.39, 0.29) is 0 Å². The van der Waals surface area contributed by atoms with Crippen LogP contribution in [0.15, 0.2) is 24.3 Å². The van der Waals surface area contributed by atoms with Crippen LogP contribution >= 0.6 is 0 Å². The predicted octanol–water partition coefficient (Wildman–Crippen LogP) is 9.29. The number of hydrogen-bond donors (Lipinski definition) is 0. The third-order valence-electron chi connectivity index (χ3n) is 9.92. The number of unbranched alkanes of at least 4 members (excludes halogenated alkanes) is 2. The Morgan fingerprint density at radius 3 is 1.82 bits per heavy atom. The van der Waals surface area contributed by atoms with E-state index >= 15 is 0 Å². The lowest BCUT2D eigenvalue weighted by molar-refractivity contribution is -0.111. The minimum Gasteiger partial charge on any atom is -0.303 e. The number of carbonyl (C=O) groups excluding carboxylic acids is 1. The highest BCUT2D eigenvalue weighted by Gasteiger charge is 2.30. The molecule has 0 unspecified atom stereocenters. The average molecular weight is 451 g/mol. The van der Waals surface area contributed by atoms with E-state index in [9.17, 15) is 4.79 Å². The summed E-state index contributed by atoms with van der Waals surface area (Å²) in [6.07, 6.45) is 26.3. The molecule has 3 aliphatic carbocycles. The molecule has 0 bridgehead atoms. The van der Waals surface area contributed by atoms with E-state index in [1.807, 2.05) is 0 Å². The lowest BCUT2D eigenvalue weighted by Gasteiger charge is -2.38. The zero-order chi connectivity index (χ0) is 22.9. The molecule has 4 rings (SSSR count). The summed E-state index contributed by atoms with van der Waals surface area (Å²) in [5, 5.41) is 0. The molecule has 1 heteroatoms. The smallest absolute Gasteiger partial charge is 0.123 e. The monoisotopic (exact) mass is 450 g/mol. The van der Waals surface area contributed by atoms with Gasteiger partial charge in [-0.25, -0.2) is 0 Å². The number of benzene rings is 1. The largest absolute Gasteiger partial charge is 0.303 e. The first-order valence-electron chi connectivity index (χ1n) is 14.8. The standard InChI is InChI=1S/C32H50O/c1-2-3-4-5-25-8-16-29(17-9-25)30-18-10-26(11-19-30)6-7-27-12-20-31(21-13-27)32-22-14-28(24-33)15-23-32/h12-13,20-21,24-26,28-30,32H,2-11,14-19,22-23H2,1H3. The summed E-state index contributed by atoms with van der Waals surface area (Å²) in [5.41, 5.74) is 3.03. The lowest BCUT2D eigenvalue weighted by Crippen LogP contribution is -2.26. The van der Waals surface area contributed by atoms with Crippen molar-refractivity contribution in [1.29, 1.82) is 0 Å². The van der Waals surface area contributed by atoms with Crippen LogP contribution in [0.1, 0.15) is 133 Å². The third-order valence-corrected chi connectivity index (χ3v) is 9.92. The highest BCUT2D eigenvalue weighted by molar-refractivity contribution is 5.53. The molecular weight excluding hydrogens is 400 g/mol.